The zero-order chi connectivity index (χ0) is 21.7. The van der Waals surface area contributed by atoms with Gasteiger partial charge in [-0.05, 0) is 36.0 Å². The quantitative estimate of drug-likeness (QED) is 0.579. The first-order valence-corrected chi connectivity index (χ1v) is 10.9. The molecule has 2 atom stereocenters. The molecule has 6 heteroatoms. The number of nitrogens with zero attached hydrogens (tertiary/aromatic N) is 3. The lowest BCUT2D eigenvalue weighted by molar-refractivity contribution is -0.0835. The molecule has 1 aliphatic rings. The van der Waals surface area contributed by atoms with E-state index in [1.807, 2.05) is 32.1 Å². The van der Waals surface area contributed by atoms with E-state index in [2.05, 4.69) is 60.7 Å². The Hall–Kier alpha value is -2.34. The lowest BCUT2D eigenvalue weighted by Gasteiger charge is -2.40. The average molecular weight is 412 g/mol. The third-order valence-electron chi connectivity index (χ3n) is 5.75. The van der Waals surface area contributed by atoms with Crippen LogP contribution in [-0.4, -0.2) is 51.3 Å². The summed E-state index contributed by atoms with van der Waals surface area (Å²) >= 11 is 0. The Morgan fingerprint density at radius 3 is 2.70 bits per heavy atom. The van der Waals surface area contributed by atoms with Crippen molar-refractivity contribution in [1.82, 2.24) is 15.6 Å². The molecule has 1 fully saturated rings. The fourth-order valence-electron chi connectivity index (χ4n) is 4.24. The summed E-state index contributed by atoms with van der Waals surface area (Å²) < 4.78 is 6.12. The molecule has 0 aliphatic carbocycles. The van der Waals surface area contributed by atoms with Gasteiger partial charge in [0.1, 0.15) is 5.82 Å². The lowest BCUT2D eigenvalue weighted by Crippen LogP contribution is -2.47. The molecular formula is C24H37N5O. The number of para-hydroxylation sites is 1. The highest BCUT2D eigenvalue weighted by atomic mass is 16.5. The highest BCUT2D eigenvalue weighted by Gasteiger charge is 2.35. The van der Waals surface area contributed by atoms with Crippen molar-refractivity contribution in [3.8, 4) is 0 Å². The molecule has 2 N–H and O–H groups in total. The van der Waals surface area contributed by atoms with Crippen LogP contribution in [0.2, 0.25) is 0 Å². The van der Waals surface area contributed by atoms with Gasteiger partial charge in [-0.3, -0.25) is 4.99 Å². The predicted molar refractivity (Wildman–Crippen MR) is 126 cm³/mol. The molecule has 1 aromatic heterocycles. The molecule has 3 rings (SSSR count). The molecule has 0 radical (unpaired) electrons. The van der Waals surface area contributed by atoms with E-state index in [1.165, 1.54) is 17.4 Å². The SMILES string of the molecule is CN=C(NCc1cc(N(C)C)nc2ccccc12)NCC1CCCOC1C(C)(C)C. The minimum atomic E-state index is 0.141. The van der Waals surface area contributed by atoms with Gasteiger partial charge >= 0.3 is 0 Å². The molecular weight excluding hydrogens is 374 g/mol. The van der Waals surface area contributed by atoms with E-state index in [0.717, 1.165) is 36.9 Å². The minimum Gasteiger partial charge on any atom is -0.377 e. The van der Waals surface area contributed by atoms with Crippen molar-refractivity contribution in [1.29, 1.82) is 0 Å². The van der Waals surface area contributed by atoms with E-state index >= 15 is 0 Å². The molecule has 0 amide bonds. The second-order valence-electron chi connectivity index (χ2n) is 9.42. The first kappa shape index (κ1) is 22.3. The number of hydrogen-bond donors (Lipinski definition) is 2. The van der Waals surface area contributed by atoms with Gasteiger partial charge in [-0.2, -0.15) is 0 Å². The van der Waals surface area contributed by atoms with E-state index in [9.17, 15) is 0 Å². The third-order valence-corrected chi connectivity index (χ3v) is 5.75. The van der Waals surface area contributed by atoms with Crippen molar-refractivity contribution in [2.45, 2.75) is 46.3 Å². The number of rotatable bonds is 5. The van der Waals surface area contributed by atoms with Gasteiger partial charge in [0.05, 0.1) is 11.6 Å². The van der Waals surface area contributed by atoms with Crippen molar-refractivity contribution in [2.24, 2.45) is 16.3 Å². The largest absolute Gasteiger partial charge is 0.377 e. The molecule has 6 nitrogen and oxygen atoms in total. The van der Waals surface area contributed by atoms with Crippen molar-refractivity contribution < 1.29 is 4.74 Å². The molecule has 1 saturated heterocycles. The molecule has 1 aliphatic heterocycles. The summed E-state index contributed by atoms with van der Waals surface area (Å²) in [4.78, 5) is 11.2. The minimum absolute atomic E-state index is 0.141. The number of ether oxygens (including phenoxy) is 1. The van der Waals surface area contributed by atoms with Crippen LogP contribution in [0.5, 0.6) is 0 Å². The Labute approximate surface area is 181 Å². The van der Waals surface area contributed by atoms with Crippen LogP contribution in [-0.2, 0) is 11.3 Å². The normalized spacial score (nSPS) is 20.3. The van der Waals surface area contributed by atoms with Crippen LogP contribution in [0.1, 0.15) is 39.2 Å². The van der Waals surface area contributed by atoms with Crippen LogP contribution < -0.4 is 15.5 Å². The number of hydrogen-bond acceptors (Lipinski definition) is 4. The maximum Gasteiger partial charge on any atom is 0.191 e. The van der Waals surface area contributed by atoms with E-state index in [1.54, 1.807) is 0 Å². The summed E-state index contributed by atoms with van der Waals surface area (Å²) in [6.45, 7) is 9.21. The smallest absolute Gasteiger partial charge is 0.191 e. The number of guanidine groups is 1. The summed E-state index contributed by atoms with van der Waals surface area (Å²) in [7, 11) is 5.86. The van der Waals surface area contributed by atoms with E-state index < -0.39 is 0 Å². The molecule has 2 aromatic rings. The van der Waals surface area contributed by atoms with Gasteiger partial charge in [-0.1, -0.05) is 39.0 Å². The number of anilines is 1. The predicted octanol–water partition coefficient (Wildman–Crippen LogP) is 3.81. The number of aromatic nitrogens is 1. The summed E-state index contributed by atoms with van der Waals surface area (Å²) in [6.07, 6.45) is 2.58. The van der Waals surface area contributed by atoms with Crippen LogP contribution in [0.25, 0.3) is 10.9 Å². The fourth-order valence-corrected chi connectivity index (χ4v) is 4.24. The third kappa shape index (κ3) is 5.42. The molecule has 30 heavy (non-hydrogen) atoms. The van der Waals surface area contributed by atoms with Crippen molar-refractivity contribution in [3.05, 3.63) is 35.9 Å². The van der Waals surface area contributed by atoms with Crippen LogP contribution in [0.15, 0.2) is 35.3 Å². The Morgan fingerprint density at radius 2 is 2.00 bits per heavy atom. The molecule has 0 spiro atoms. The summed E-state index contributed by atoms with van der Waals surface area (Å²) in [5, 5.41) is 8.18. The Bertz CT molecular complexity index is 872. The molecule has 1 aromatic carbocycles. The van der Waals surface area contributed by atoms with E-state index in [4.69, 9.17) is 9.72 Å². The zero-order valence-corrected chi connectivity index (χ0v) is 19.3. The van der Waals surface area contributed by atoms with Crippen LogP contribution in [0.3, 0.4) is 0 Å². The van der Waals surface area contributed by atoms with Crippen LogP contribution in [0, 0.1) is 11.3 Å². The van der Waals surface area contributed by atoms with Gasteiger partial charge in [0.25, 0.3) is 0 Å². The summed E-state index contributed by atoms with van der Waals surface area (Å²) in [5.41, 5.74) is 2.36. The van der Waals surface area contributed by atoms with E-state index in [-0.39, 0.29) is 11.5 Å². The second kappa shape index (κ2) is 9.65. The first-order chi connectivity index (χ1) is 14.3. The highest BCUT2D eigenvalue weighted by Crippen LogP contribution is 2.33. The Kier molecular flexibility index (Phi) is 7.19. The van der Waals surface area contributed by atoms with Gasteiger partial charge in [-0.25, -0.2) is 4.98 Å². The van der Waals surface area contributed by atoms with Gasteiger partial charge in [0, 0.05) is 52.1 Å². The summed E-state index contributed by atoms with van der Waals surface area (Å²) in [5.74, 6) is 2.26. The standard InChI is InChI=1S/C24H37N5O/c1-24(2,3)22-17(10-9-13-30-22)15-26-23(25-4)27-16-18-14-21(29(5)6)28-20-12-8-7-11-19(18)20/h7-8,11-12,14,17,22H,9-10,13,15-16H2,1-6H3,(H2,25,26,27). The zero-order valence-electron chi connectivity index (χ0n) is 19.3. The number of aliphatic imine (C=N–C) groups is 1. The van der Waals surface area contributed by atoms with Gasteiger partial charge in [-0.15, -0.1) is 0 Å². The first-order valence-electron chi connectivity index (χ1n) is 10.9. The number of benzene rings is 1. The molecule has 2 unspecified atom stereocenters. The summed E-state index contributed by atoms with van der Waals surface area (Å²) in [6, 6.07) is 10.4. The van der Waals surface area contributed by atoms with Crippen LogP contribution in [0.4, 0.5) is 5.82 Å². The molecule has 2 heterocycles. The van der Waals surface area contributed by atoms with Gasteiger partial charge in [0.15, 0.2) is 5.96 Å². The van der Waals surface area contributed by atoms with Crippen molar-refractivity contribution >= 4 is 22.7 Å². The van der Waals surface area contributed by atoms with Crippen LogP contribution >= 0.6 is 0 Å². The Balaban J connectivity index is 1.67. The van der Waals surface area contributed by atoms with Gasteiger partial charge in [0.2, 0.25) is 0 Å². The lowest BCUT2D eigenvalue weighted by atomic mass is 9.78. The number of pyridine rings is 1. The Morgan fingerprint density at radius 1 is 1.23 bits per heavy atom. The average Bonchev–Trinajstić information content (AvgIpc) is 2.73. The molecule has 0 saturated carbocycles. The maximum atomic E-state index is 6.12. The number of nitrogens with one attached hydrogen (secondary N) is 2. The maximum absolute atomic E-state index is 6.12. The number of fused-ring (bicyclic) bond motifs is 1. The van der Waals surface area contributed by atoms with Crippen molar-refractivity contribution in [3.63, 3.8) is 0 Å². The van der Waals surface area contributed by atoms with Crippen molar-refractivity contribution in [2.75, 3.05) is 39.2 Å². The molecule has 164 valence electrons. The molecule has 0 bridgehead atoms. The monoisotopic (exact) mass is 411 g/mol. The van der Waals surface area contributed by atoms with Gasteiger partial charge < -0.3 is 20.3 Å². The highest BCUT2D eigenvalue weighted by molar-refractivity contribution is 5.85. The van der Waals surface area contributed by atoms with E-state index in [0.29, 0.717) is 12.5 Å². The topological polar surface area (TPSA) is 61.8 Å². The second-order valence-corrected chi connectivity index (χ2v) is 9.42. The fraction of sp³-hybridized carbons (Fsp3) is 0.583.